The van der Waals surface area contributed by atoms with Gasteiger partial charge in [-0.3, -0.25) is 14.4 Å². The standard InChI is InChI=1S/C33H35ClO14/c1-14-20-22(43-15(2)35)24(38)31(6)18(44-28(34)40)12-19-32(13-42-19,47-16(3)36)23(31)26(45-27(39)17-10-8-7-9-11-17)33(30(20,4)5)25(21(14)37)46-29(41)48-33/h7-11,14,18-19,21,23,25-26,37H,12-13H2,1-6H3/t14?,18-,19+,21+,23-,25-,26-,31+,32-,33+/m0/s1. The molecule has 1 unspecified atom stereocenters. The first-order valence-electron chi connectivity index (χ1n) is 15.4. The van der Waals surface area contributed by atoms with Crippen molar-refractivity contribution in [2.45, 2.75) is 89.7 Å². The van der Waals surface area contributed by atoms with E-state index in [1.165, 1.54) is 19.1 Å². The Balaban J connectivity index is 1.76. The molecule has 2 aliphatic heterocycles. The number of ketones is 1. The topological polar surface area (TPSA) is 187 Å². The zero-order chi connectivity index (χ0) is 35.1. The molecule has 4 fully saturated rings. The Bertz CT molecular complexity index is 1640. The smallest absolute Gasteiger partial charge is 0.454 e. The van der Waals surface area contributed by atoms with E-state index in [1.54, 1.807) is 39.0 Å². The molecule has 2 heterocycles. The number of hydrogen-bond donors (Lipinski definition) is 1. The SMILES string of the molecule is CC(=O)OC1=C2C(C)[C@@H](O)[C@@H]3OC(=O)O[C@]3([C@@H](OC(=O)c3ccccc3)[C@@H]3[C@]4(OC(C)=O)CO[C@@H]4C[C@H](OC(=O)Cl)[C@@]3(C)C1=O)C2(C)C. The van der Waals surface area contributed by atoms with Gasteiger partial charge in [-0.25, -0.2) is 14.4 Å². The van der Waals surface area contributed by atoms with E-state index in [9.17, 15) is 29.1 Å². The number of esters is 3. The van der Waals surface area contributed by atoms with Gasteiger partial charge in [0.2, 0.25) is 11.4 Å². The summed E-state index contributed by atoms with van der Waals surface area (Å²) in [6, 6.07) is 7.82. The van der Waals surface area contributed by atoms with E-state index < -0.39 is 105 Å². The Morgan fingerprint density at radius 2 is 1.67 bits per heavy atom. The number of rotatable bonds is 5. The maximum Gasteiger partial charge on any atom is 0.509 e. The molecule has 14 nitrogen and oxygen atoms in total. The van der Waals surface area contributed by atoms with Crippen molar-refractivity contribution in [3.8, 4) is 0 Å². The van der Waals surface area contributed by atoms with Crippen LogP contribution < -0.4 is 0 Å². The molecule has 1 aromatic carbocycles. The summed E-state index contributed by atoms with van der Waals surface area (Å²) in [4.78, 5) is 80.5. The third kappa shape index (κ3) is 4.52. The Labute approximate surface area is 279 Å². The van der Waals surface area contributed by atoms with E-state index in [0.29, 0.717) is 0 Å². The normalized spacial score (nSPS) is 39.0. The Morgan fingerprint density at radius 1 is 1.00 bits per heavy atom. The number of ether oxygens (including phenoxy) is 7. The molecule has 0 amide bonds. The van der Waals surface area contributed by atoms with Crippen LogP contribution >= 0.6 is 11.6 Å². The Kier molecular flexibility index (Phi) is 7.96. The number of allylic oxidation sites excluding steroid dienone is 1. The first kappa shape index (κ1) is 33.9. The van der Waals surface area contributed by atoms with Crippen molar-refractivity contribution in [2.75, 3.05) is 6.61 Å². The Morgan fingerprint density at radius 3 is 2.23 bits per heavy atom. The predicted octanol–water partition coefficient (Wildman–Crippen LogP) is 3.39. The molecule has 258 valence electrons. The fraction of sp³-hybridized carbons (Fsp3) is 0.576. The number of fused-ring (bicyclic) bond motifs is 4. The summed E-state index contributed by atoms with van der Waals surface area (Å²) in [6.07, 6.45) is -8.83. The maximum absolute atomic E-state index is 15.3. The summed E-state index contributed by atoms with van der Waals surface area (Å²) in [5, 5.41) is 11.8. The van der Waals surface area contributed by atoms with E-state index in [4.69, 9.17) is 44.8 Å². The molecule has 48 heavy (non-hydrogen) atoms. The number of aliphatic hydroxyl groups is 1. The van der Waals surface area contributed by atoms with E-state index in [0.717, 1.165) is 13.8 Å². The molecule has 1 aromatic rings. The summed E-state index contributed by atoms with van der Waals surface area (Å²) < 4.78 is 41.2. The van der Waals surface area contributed by atoms with Gasteiger partial charge in [0.05, 0.1) is 23.5 Å². The molecule has 0 radical (unpaired) electrons. The van der Waals surface area contributed by atoms with Crippen molar-refractivity contribution in [1.82, 2.24) is 0 Å². The van der Waals surface area contributed by atoms with E-state index in [-0.39, 0.29) is 24.2 Å². The third-order valence-electron chi connectivity index (χ3n) is 10.9. The van der Waals surface area contributed by atoms with Crippen molar-refractivity contribution in [3.05, 3.63) is 47.2 Å². The Hall–Kier alpha value is -4.01. The van der Waals surface area contributed by atoms with Crippen molar-refractivity contribution in [3.63, 3.8) is 0 Å². The van der Waals surface area contributed by atoms with Crippen LogP contribution in [0.4, 0.5) is 9.59 Å². The van der Waals surface area contributed by atoms with Gasteiger partial charge in [0.25, 0.3) is 0 Å². The minimum Gasteiger partial charge on any atom is -0.454 e. The molecule has 2 saturated carbocycles. The molecule has 0 aromatic heterocycles. The van der Waals surface area contributed by atoms with Gasteiger partial charge in [0.1, 0.15) is 18.3 Å². The molecule has 3 aliphatic carbocycles. The highest BCUT2D eigenvalue weighted by atomic mass is 35.5. The third-order valence-corrected chi connectivity index (χ3v) is 11.0. The highest BCUT2D eigenvalue weighted by Gasteiger charge is 2.83. The first-order chi connectivity index (χ1) is 22.4. The molecule has 15 heteroatoms. The molecule has 2 bridgehead atoms. The van der Waals surface area contributed by atoms with Crippen LogP contribution in [0.25, 0.3) is 0 Å². The van der Waals surface area contributed by atoms with Gasteiger partial charge in [0, 0.05) is 43.2 Å². The largest absolute Gasteiger partial charge is 0.509 e. The van der Waals surface area contributed by atoms with Gasteiger partial charge >= 0.3 is 29.5 Å². The minimum absolute atomic E-state index is 0.0506. The molecule has 2 saturated heterocycles. The number of benzene rings is 1. The van der Waals surface area contributed by atoms with Gasteiger partial charge in [-0.2, -0.15) is 0 Å². The van der Waals surface area contributed by atoms with Crippen LogP contribution in [0.5, 0.6) is 0 Å². The molecule has 1 N–H and O–H groups in total. The van der Waals surface area contributed by atoms with Crippen LogP contribution in [0.3, 0.4) is 0 Å². The van der Waals surface area contributed by atoms with Gasteiger partial charge in [0.15, 0.2) is 23.6 Å². The average Bonchev–Trinajstić information content (AvgIpc) is 3.37. The van der Waals surface area contributed by atoms with Crippen LogP contribution in [-0.4, -0.2) is 88.7 Å². The number of carbonyl (C=O) groups is 6. The van der Waals surface area contributed by atoms with Crippen LogP contribution in [0, 0.1) is 22.7 Å². The first-order valence-corrected chi connectivity index (χ1v) is 15.8. The zero-order valence-electron chi connectivity index (χ0n) is 27.0. The highest BCUT2D eigenvalue weighted by molar-refractivity contribution is 6.61. The van der Waals surface area contributed by atoms with Gasteiger partial charge in [-0.05, 0) is 24.6 Å². The van der Waals surface area contributed by atoms with Gasteiger partial charge < -0.3 is 38.3 Å². The second-order valence-electron chi connectivity index (χ2n) is 13.6. The minimum atomic E-state index is -2.17. The lowest BCUT2D eigenvalue weighted by Gasteiger charge is -2.67. The summed E-state index contributed by atoms with van der Waals surface area (Å²) in [5.74, 6) is -6.58. The molecule has 10 atom stereocenters. The van der Waals surface area contributed by atoms with Crippen LogP contribution in [0.2, 0.25) is 0 Å². The fourth-order valence-corrected chi connectivity index (χ4v) is 9.01. The van der Waals surface area contributed by atoms with E-state index in [1.807, 2.05) is 0 Å². The maximum atomic E-state index is 15.3. The summed E-state index contributed by atoms with van der Waals surface area (Å²) in [5.41, 5.74) is -8.78. The van der Waals surface area contributed by atoms with Crippen LogP contribution in [0.1, 0.15) is 58.3 Å². The molecular weight excluding hydrogens is 656 g/mol. The van der Waals surface area contributed by atoms with Crippen LogP contribution in [0.15, 0.2) is 41.7 Å². The lowest BCUT2D eigenvalue weighted by atomic mass is 9.44. The van der Waals surface area contributed by atoms with Gasteiger partial charge in [-0.15, -0.1) is 0 Å². The second-order valence-corrected chi connectivity index (χ2v) is 13.9. The molecular formula is C33H35ClO14. The van der Waals surface area contributed by atoms with Crippen molar-refractivity contribution < 1.29 is 67.0 Å². The number of carbonyl (C=O) groups excluding carboxylic acids is 6. The summed E-state index contributed by atoms with van der Waals surface area (Å²) in [7, 11) is 0. The lowest BCUT2D eigenvalue weighted by Crippen LogP contribution is -2.82. The van der Waals surface area contributed by atoms with Crippen molar-refractivity contribution >= 4 is 46.9 Å². The van der Waals surface area contributed by atoms with Crippen molar-refractivity contribution in [2.24, 2.45) is 22.7 Å². The predicted molar refractivity (Wildman–Crippen MR) is 159 cm³/mol. The number of aliphatic hydroxyl groups excluding tert-OH is 1. The molecule has 6 rings (SSSR count). The summed E-state index contributed by atoms with van der Waals surface area (Å²) in [6.45, 7) is 7.99. The zero-order valence-corrected chi connectivity index (χ0v) is 27.7. The highest BCUT2D eigenvalue weighted by Crippen LogP contribution is 2.67. The van der Waals surface area contributed by atoms with E-state index >= 15 is 4.79 Å². The quantitative estimate of drug-likeness (QED) is 0.269. The number of hydrogen-bond acceptors (Lipinski definition) is 14. The second kappa shape index (κ2) is 11.3. The average molecular weight is 691 g/mol. The summed E-state index contributed by atoms with van der Waals surface area (Å²) >= 11 is 5.75. The number of halogens is 1. The number of Topliss-reactive ketones (excluding diaryl/α,β-unsaturated/α-hetero) is 1. The van der Waals surface area contributed by atoms with E-state index in [2.05, 4.69) is 0 Å². The molecule has 1 spiro atoms. The molecule has 5 aliphatic rings. The van der Waals surface area contributed by atoms with Gasteiger partial charge in [-0.1, -0.05) is 39.0 Å². The monoisotopic (exact) mass is 690 g/mol. The van der Waals surface area contributed by atoms with Crippen molar-refractivity contribution in [1.29, 1.82) is 0 Å². The fourth-order valence-electron chi connectivity index (χ4n) is 8.91. The van der Waals surface area contributed by atoms with Crippen LogP contribution in [-0.2, 0) is 47.5 Å². The lowest BCUT2D eigenvalue weighted by molar-refractivity contribution is -0.344.